The lowest BCUT2D eigenvalue weighted by atomic mass is 9.94. The summed E-state index contributed by atoms with van der Waals surface area (Å²) < 4.78 is 13.1. The summed E-state index contributed by atoms with van der Waals surface area (Å²) in [5.74, 6) is -1.52. The van der Waals surface area contributed by atoms with Gasteiger partial charge in [-0.05, 0) is 29.7 Å². The van der Waals surface area contributed by atoms with Crippen molar-refractivity contribution in [2.24, 2.45) is 0 Å². The van der Waals surface area contributed by atoms with Crippen LogP contribution in [0.1, 0.15) is 17.2 Å². The molecule has 1 aromatic rings. The van der Waals surface area contributed by atoms with E-state index in [9.17, 15) is 9.18 Å². The van der Waals surface area contributed by atoms with Crippen LogP contribution in [-0.4, -0.2) is 17.6 Å². The Bertz CT molecular complexity index is 422. The van der Waals surface area contributed by atoms with E-state index in [0.717, 1.165) is 5.56 Å². The summed E-state index contributed by atoms with van der Waals surface area (Å²) in [6.45, 7) is 0.537. The first-order chi connectivity index (χ1) is 7.09. The predicted molar refractivity (Wildman–Crippen MR) is 53.5 cm³/mol. The number of hydrogen-bond acceptors (Lipinski definition) is 2. The summed E-state index contributed by atoms with van der Waals surface area (Å²) in [5.41, 5.74) is 1.16. The highest BCUT2D eigenvalue weighted by Crippen LogP contribution is 2.30. The molecule has 0 radical (unpaired) electrons. The lowest BCUT2D eigenvalue weighted by Gasteiger charge is -2.24. The van der Waals surface area contributed by atoms with Crippen molar-refractivity contribution in [2.75, 3.05) is 6.54 Å². The maximum atomic E-state index is 13.1. The van der Waals surface area contributed by atoms with Gasteiger partial charge in [-0.15, -0.1) is 0 Å². The van der Waals surface area contributed by atoms with Gasteiger partial charge in [-0.1, -0.05) is 11.6 Å². The topological polar surface area (TPSA) is 49.3 Å². The van der Waals surface area contributed by atoms with Crippen LogP contribution in [-0.2, 0) is 11.2 Å². The van der Waals surface area contributed by atoms with Crippen LogP contribution in [0.4, 0.5) is 4.39 Å². The van der Waals surface area contributed by atoms with Crippen LogP contribution in [0, 0.1) is 5.82 Å². The summed E-state index contributed by atoms with van der Waals surface area (Å²) in [4.78, 5) is 10.9. The van der Waals surface area contributed by atoms with Gasteiger partial charge in [0.25, 0.3) is 0 Å². The molecule has 1 unspecified atom stereocenters. The van der Waals surface area contributed by atoms with Gasteiger partial charge >= 0.3 is 5.97 Å². The first-order valence-electron chi connectivity index (χ1n) is 4.53. The maximum absolute atomic E-state index is 13.1. The average Bonchev–Trinajstić information content (AvgIpc) is 2.16. The fourth-order valence-corrected chi connectivity index (χ4v) is 2.12. The Hall–Kier alpha value is -1.13. The normalized spacial score (nSPS) is 19.7. The number of carbonyl (C=O) groups is 1. The minimum atomic E-state index is -1.02. The van der Waals surface area contributed by atoms with Crippen molar-refractivity contribution in [1.82, 2.24) is 5.32 Å². The van der Waals surface area contributed by atoms with Crippen LogP contribution in [0.5, 0.6) is 0 Å². The number of fused-ring (bicyclic) bond motifs is 1. The van der Waals surface area contributed by atoms with Crippen molar-refractivity contribution in [3.8, 4) is 0 Å². The van der Waals surface area contributed by atoms with Crippen LogP contribution in [0.2, 0.25) is 5.02 Å². The standard InChI is InChI=1S/C10H9ClFNO2/c11-8-4-5(12)3-7-6(8)1-2-13-9(7)10(14)15/h3-4,9,13H,1-2H2,(H,14,15). The molecule has 0 aromatic heterocycles. The summed E-state index contributed by atoms with van der Waals surface area (Å²) in [5, 5.41) is 12.0. The molecule has 3 nitrogen and oxygen atoms in total. The lowest BCUT2D eigenvalue weighted by molar-refractivity contribution is -0.139. The fraction of sp³-hybridized carbons (Fsp3) is 0.300. The number of hydrogen-bond donors (Lipinski definition) is 2. The number of benzene rings is 1. The molecule has 2 rings (SSSR count). The second kappa shape index (κ2) is 3.79. The van der Waals surface area contributed by atoms with Gasteiger partial charge in [0.1, 0.15) is 11.9 Å². The smallest absolute Gasteiger partial charge is 0.325 e. The third kappa shape index (κ3) is 1.82. The SMILES string of the molecule is O=C(O)C1NCCc2c(Cl)cc(F)cc21. The van der Waals surface area contributed by atoms with E-state index in [2.05, 4.69) is 5.32 Å². The summed E-state index contributed by atoms with van der Waals surface area (Å²) >= 11 is 5.86. The lowest BCUT2D eigenvalue weighted by Crippen LogP contribution is -2.35. The quantitative estimate of drug-likeness (QED) is 0.772. The van der Waals surface area contributed by atoms with E-state index in [0.29, 0.717) is 23.6 Å². The molecule has 0 fully saturated rings. The Morgan fingerprint density at radius 1 is 1.60 bits per heavy atom. The molecule has 5 heteroatoms. The van der Waals surface area contributed by atoms with Crippen molar-refractivity contribution in [3.63, 3.8) is 0 Å². The molecule has 0 spiro atoms. The van der Waals surface area contributed by atoms with Crippen molar-refractivity contribution >= 4 is 17.6 Å². The van der Waals surface area contributed by atoms with Crippen molar-refractivity contribution in [1.29, 1.82) is 0 Å². The number of aliphatic carboxylic acids is 1. The Labute approximate surface area is 90.9 Å². The minimum absolute atomic E-state index is 0.303. The molecule has 1 aliphatic heterocycles. The molecule has 1 atom stereocenters. The highest BCUT2D eigenvalue weighted by atomic mass is 35.5. The number of carboxylic acids is 1. The van der Waals surface area contributed by atoms with E-state index in [1.54, 1.807) is 0 Å². The van der Waals surface area contributed by atoms with E-state index >= 15 is 0 Å². The second-order valence-corrected chi connectivity index (χ2v) is 3.84. The molecule has 1 aliphatic rings. The van der Waals surface area contributed by atoms with Gasteiger partial charge < -0.3 is 10.4 Å². The van der Waals surface area contributed by atoms with E-state index in [-0.39, 0.29) is 0 Å². The minimum Gasteiger partial charge on any atom is -0.480 e. The summed E-state index contributed by atoms with van der Waals surface area (Å²) in [7, 11) is 0. The molecule has 1 heterocycles. The molecule has 0 amide bonds. The van der Waals surface area contributed by atoms with Gasteiger partial charge in [0.15, 0.2) is 0 Å². The van der Waals surface area contributed by atoms with Gasteiger partial charge in [-0.3, -0.25) is 4.79 Å². The molecular formula is C10H9ClFNO2. The maximum Gasteiger partial charge on any atom is 0.325 e. The van der Waals surface area contributed by atoms with Crippen LogP contribution in [0.25, 0.3) is 0 Å². The highest BCUT2D eigenvalue weighted by Gasteiger charge is 2.27. The fourth-order valence-electron chi connectivity index (χ4n) is 1.82. The number of nitrogens with one attached hydrogen (secondary N) is 1. The Kier molecular flexibility index (Phi) is 2.63. The molecule has 15 heavy (non-hydrogen) atoms. The molecule has 0 bridgehead atoms. The van der Waals surface area contributed by atoms with Crippen molar-refractivity contribution in [3.05, 3.63) is 34.1 Å². The molecular weight excluding hydrogens is 221 g/mol. The van der Waals surface area contributed by atoms with E-state index < -0.39 is 17.8 Å². The number of rotatable bonds is 1. The Balaban J connectivity index is 2.55. The Morgan fingerprint density at radius 3 is 3.00 bits per heavy atom. The molecule has 0 saturated heterocycles. The highest BCUT2D eigenvalue weighted by molar-refractivity contribution is 6.31. The van der Waals surface area contributed by atoms with Gasteiger partial charge in [0.05, 0.1) is 0 Å². The van der Waals surface area contributed by atoms with E-state index in [1.165, 1.54) is 12.1 Å². The van der Waals surface area contributed by atoms with E-state index in [1.807, 2.05) is 0 Å². The van der Waals surface area contributed by atoms with Crippen LogP contribution < -0.4 is 5.32 Å². The van der Waals surface area contributed by atoms with Crippen molar-refractivity contribution < 1.29 is 14.3 Å². The zero-order chi connectivity index (χ0) is 11.0. The number of halogens is 2. The molecule has 1 aromatic carbocycles. The van der Waals surface area contributed by atoms with E-state index in [4.69, 9.17) is 16.7 Å². The first-order valence-corrected chi connectivity index (χ1v) is 4.91. The summed E-state index contributed by atoms with van der Waals surface area (Å²) in [6, 6.07) is 1.58. The molecule has 2 N–H and O–H groups in total. The number of carboxylic acid groups (broad SMARTS) is 1. The zero-order valence-electron chi connectivity index (χ0n) is 7.76. The zero-order valence-corrected chi connectivity index (χ0v) is 8.51. The Morgan fingerprint density at radius 2 is 2.33 bits per heavy atom. The van der Waals surface area contributed by atoms with Crippen LogP contribution in [0.3, 0.4) is 0 Å². The molecule has 0 aliphatic carbocycles. The van der Waals surface area contributed by atoms with Gasteiger partial charge in [-0.25, -0.2) is 4.39 Å². The van der Waals surface area contributed by atoms with Crippen LogP contribution >= 0.6 is 11.6 Å². The van der Waals surface area contributed by atoms with Crippen LogP contribution in [0.15, 0.2) is 12.1 Å². The monoisotopic (exact) mass is 229 g/mol. The second-order valence-electron chi connectivity index (χ2n) is 3.43. The molecule has 80 valence electrons. The first kappa shape index (κ1) is 10.4. The van der Waals surface area contributed by atoms with Gasteiger partial charge in [0, 0.05) is 11.6 Å². The largest absolute Gasteiger partial charge is 0.480 e. The van der Waals surface area contributed by atoms with Crippen molar-refractivity contribution in [2.45, 2.75) is 12.5 Å². The summed E-state index contributed by atoms with van der Waals surface area (Å²) in [6.07, 6.45) is 0.623. The molecule has 0 saturated carbocycles. The third-order valence-electron chi connectivity index (χ3n) is 2.48. The average molecular weight is 230 g/mol. The third-order valence-corrected chi connectivity index (χ3v) is 2.81. The predicted octanol–water partition coefficient (Wildman–Crippen LogP) is 1.75. The van der Waals surface area contributed by atoms with Gasteiger partial charge in [-0.2, -0.15) is 0 Å². The van der Waals surface area contributed by atoms with Gasteiger partial charge in [0.2, 0.25) is 0 Å².